The van der Waals surface area contributed by atoms with Crippen LogP contribution in [0.5, 0.6) is 5.88 Å². The van der Waals surface area contributed by atoms with Gasteiger partial charge in [-0.3, -0.25) is 4.90 Å². The van der Waals surface area contributed by atoms with Crippen LogP contribution in [0, 0.1) is 0 Å². The van der Waals surface area contributed by atoms with Crippen molar-refractivity contribution in [2.45, 2.75) is 25.0 Å². The molecule has 0 radical (unpaired) electrons. The van der Waals surface area contributed by atoms with Crippen molar-refractivity contribution < 1.29 is 4.74 Å². The number of hydrogen-bond acceptors (Lipinski definition) is 6. The van der Waals surface area contributed by atoms with Crippen molar-refractivity contribution in [2.24, 2.45) is 0 Å². The molecule has 2 atom stereocenters. The fourth-order valence-electron chi connectivity index (χ4n) is 4.90. The van der Waals surface area contributed by atoms with E-state index in [0.717, 1.165) is 42.1 Å². The summed E-state index contributed by atoms with van der Waals surface area (Å²) in [7, 11) is 1.65. The van der Waals surface area contributed by atoms with E-state index in [-0.39, 0.29) is 0 Å². The molecule has 7 heteroatoms. The summed E-state index contributed by atoms with van der Waals surface area (Å²) in [4.78, 5) is 14.2. The van der Waals surface area contributed by atoms with Gasteiger partial charge in [0.25, 0.3) is 0 Å². The van der Waals surface area contributed by atoms with Crippen molar-refractivity contribution in [3.8, 4) is 17.0 Å². The minimum Gasteiger partial charge on any atom is -0.481 e. The van der Waals surface area contributed by atoms with Crippen LogP contribution in [-0.2, 0) is 6.54 Å². The smallest absolute Gasteiger partial charge is 0.212 e. The maximum atomic E-state index is 5.16. The normalized spacial score (nSPS) is 20.6. The van der Waals surface area contributed by atoms with Crippen LogP contribution in [-0.4, -0.2) is 56.8 Å². The summed E-state index contributed by atoms with van der Waals surface area (Å²) in [6, 6.07) is 15.7. The minimum absolute atomic E-state index is 0.572. The minimum atomic E-state index is 0.572. The van der Waals surface area contributed by atoms with E-state index in [2.05, 4.69) is 44.1 Å². The molecule has 0 aromatic carbocycles. The molecule has 7 nitrogen and oxygen atoms in total. The quantitative estimate of drug-likeness (QED) is 0.502. The largest absolute Gasteiger partial charge is 0.481 e. The highest BCUT2D eigenvalue weighted by molar-refractivity contribution is 5.79. The summed E-state index contributed by atoms with van der Waals surface area (Å²) < 4.78 is 7.06. The molecular weight excluding hydrogens is 388 g/mol. The maximum Gasteiger partial charge on any atom is 0.212 e. The predicted octanol–water partition coefficient (Wildman–Crippen LogP) is 3.26. The first-order chi connectivity index (χ1) is 15.3. The highest BCUT2D eigenvalue weighted by atomic mass is 16.5. The molecule has 2 unspecified atom stereocenters. The van der Waals surface area contributed by atoms with E-state index < -0.39 is 0 Å². The predicted molar refractivity (Wildman–Crippen MR) is 119 cm³/mol. The van der Waals surface area contributed by atoms with Crippen LogP contribution < -0.4 is 9.64 Å². The van der Waals surface area contributed by atoms with Gasteiger partial charge in [0.1, 0.15) is 5.82 Å². The molecule has 4 aromatic heterocycles. The summed E-state index contributed by atoms with van der Waals surface area (Å²) in [6.07, 6.45) is 8.97. The monoisotopic (exact) mass is 412 g/mol. The third kappa shape index (κ3) is 3.21. The summed E-state index contributed by atoms with van der Waals surface area (Å²) in [6.45, 7) is 2.98. The van der Waals surface area contributed by atoms with E-state index in [9.17, 15) is 0 Å². The lowest BCUT2D eigenvalue weighted by molar-refractivity contribution is -0.00876. The summed E-state index contributed by atoms with van der Waals surface area (Å²) >= 11 is 0. The van der Waals surface area contributed by atoms with E-state index in [0.29, 0.717) is 18.0 Å². The Balaban J connectivity index is 1.14. The molecule has 31 heavy (non-hydrogen) atoms. The number of nitrogens with zero attached hydrogens (tertiary/aromatic N) is 6. The number of piperazine rings is 1. The average Bonchev–Trinajstić information content (AvgIpc) is 3.32. The van der Waals surface area contributed by atoms with Crippen molar-refractivity contribution in [2.75, 3.05) is 25.1 Å². The number of fused-ring (bicyclic) bond motifs is 3. The first-order valence-corrected chi connectivity index (χ1v) is 10.7. The van der Waals surface area contributed by atoms with Crippen molar-refractivity contribution in [3.05, 3.63) is 72.8 Å². The second-order valence-corrected chi connectivity index (χ2v) is 8.32. The average molecular weight is 412 g/mol. The Bertz CT molecular complexity index is 1190. The lowest BCUT2D eigenvalue weighted by Gasteiger charge is -2.56. The van der Waals surface area contributed by atoms with Gasteiger partial charge in [0.15, 0.2) is 0 Å². The van der Waals surface area contributed by atoms with E-state index in [1.54, 1.807) is 7.11 Å². The topological polar surface area (TPSA) is 58.8 Å². The maximum absolute atomic E-state index is 5.16. The van der Waals surface area contributed by atoms with Crippen LogP contribution in [0.25, 0.3) is 16.6 Å². The first-order valence-electron chi connectivity index (χ1n) is 10.7. The fraction of sp³-hybridized carbons (Fsp3) is 0.292. The van der Waals surface area contributed by atoms with E-state index in [4.69, 9.17) is 9.72 Å². The standard InChI is InChI=1S/C24H24N6O/c1-31-24-7-4-17(12-26-24)14-29-19-11-20(29)16-28(15-19)23-6-5-18(13-25-23)21-3-2-10-30-22(21)8-9-27-30/h2-10,12-13,19-20H,11,14-16H2,1H3. The Morgan fingerprint density at radius 3 is 2.65 bits per heavy atom. The molecule has 2 bridgehead atoms. The van der Waals surface area contributed by atoms with Gasteiger partial charge < -0.3 is 9.64 Å². The molecule has 4 aromatic rings. The number of piperidine rings is 1. The lowest BCUT2D eigenvalue weighted by Crippen LogP contribution is -2.68. The third-order valence-corrected chi connectivity index (χ3v) is 6.54. The van der Waals surface area contributed by atoms with Crippen LogP contribution in [0.2, 0.25) is 0 Å². The lowest BCUT2D eigenvalue weighted by atomic mass is 9.87. The zero-order valence-electron chi connectivity index (χ0n) is 17.4. The highest BCUT2D eigenvalue weighted by Crippen LogP contribution is 2.36. The second kappa shape index (κ2) is 7.35. The van der Waals surface area contributed by atoms with Gasteiger partial charge in [0, 0.05) is 73.7 Å². The van der Waals surface area contributed by atoms with Crippen LogP contribution in [0.15, 0.2) is 67.3 Å². The highest BCUT2D eigenvalue weighted by Gasteiger charge is 2.44. The molecular formula is C24H24N6O. The van der Waals surface area contributed by atoms with Gasteiger partial charge in [-0.1, -0.05) is 12.1 Å². The zero-order chi connectivity index (χ0) is 20.8. The van der Waals surface area contributed by atoms with Crippen molar-refractivity contribution in [1.29, 1.82) is 0 Å². The Labute approximate surface area is 180 Å². The molecule has 0 amide bonds. The fourth-order valence-corrected chi connectivity index (χ4v) is 4.90. The van der Waals surface area contributed by atoms with Crippen LogP contribution in [0.3, 0.4) is 0 Å². The number of hydrogen-bond donors (Lipinski definition) is 0. The van der Waals surface area contributed by atoms with Crippen LogP contribution in [0.1, 0.15) is 12.0 Å². The number of anilines is 1. The number of rotatable bonds is 5. The summed E-state index contributed by atoms with van der Waals surface area (Å²) in [5, 5.41) is 4.33. The Morgan fingerprint density at radius 2 is 1.90 bits per heavy atom. The van der Waals surface area contributed by atoms with Gasteiger partial charge in [-0.25, -0.2) is 14.5 Å². The van der Waals surface area contributed by atoms with Crippen molar-refractivity contribution >= 4 is 11.3 Å². The van der Waals surface area contributed by atoms with Gasteiger partial charge in [0.2, 0.25) is 5.88 Å². The second-order valence-electron chi connectivity index (χ2n) is 8.32. The molecule has 0 aliphatic carbocycles. The van der Waals surface area contributed by atoms with Crippen molar-refractivity contribution in [1.82, 2.24) is 24.5 Å². The molecule has 3 aliphatic heterocycles. The first kappa shape index (κ1) is 18.3. The Morgan fingerprint density at radius 1 is 1.00 bits per heavy atom. The van der Waals surface area contributed by atoms with E-state index in [1.165, 1.54) is 12.0 Å². The SMILES string of the molecule is COc1ccc(CN2C3CC2CN(c2ccc(-c4cccn5nccc45)cn2)C3)cn1. The van der Waals surface area contributed by atoms with E-state index in [1.807, 2.05) is 47.5 Å². The molecule has 7 heterocycles. The molecule has 7 rings (SSSR count). The number of aromatic nitrogens is 4. The van der Waals surface area contributed by atoms with E-state index >= 15 is 0 Å². The molecule has 156 valence electrons. The Kier molecular flexibility index (Phi) is 4.35. The molecule has 0 N–H and O–H groups in total. The van der Waals surface area contributed by atoms with Gasteiger partial charge in [-0.05, 0) is 36.2 Å². The molecule has 0 saturated carbocycles. The van der Waals surface area contributed by atoms with Crippen LogP contribution >= 0.6 is 0 Å². The van der Waals surface area contributed by atoms with Gasteiger partial charge in [0.05, 0.1) is 12.6 Å². The molecule has 0 spiro atoms. The summed E-state index contributed by atoms with van der Waals surface area (Å²) in [5.74, 6) is 1.72. The summed E-state index contributed by atoms with van der Waals surface area (Å²) in [5.41, 5.74) is 4.60. The number of methoxy groups -OCH3 is 1. The Hall–Kier alpha value is -3.45. The van der Waals surface area contributed by atoms with Gasteiger partial charge >= 0.3 is 0 Å². The van der Waals surface area contributed by atoms with Gasteiger partial charge in [-0.15, -0.1) is 0 Å². The molecule has 3 saturated heterocycles. The molecule has 3 fully saturated rings. The molecule has 3 aliphatic rings. The zero-order valence-corrected chi connectivity index (χ0v) is 17.4. The third-order valence-electron chi connectivity index (χ3n) is 6.54. The van der Waals surface area contributed by atoms with Crippen molar-refractivity contribution in [3.63, 3.8) is 0 Å². The van der Waals surface area contributed by atoms with Gasteiger partial charge in [-0.2, -0.15) is 5.10 Å². The van der Waals surface area contributed by atoms with Crippen LogP contribution in [0.4, 0.5) is 5.82 Å². The number of ether oxygens (including phenoxy) is 1. The number of pyridine rings is 3.